The van der Waals surface area contributed by atoms with Gasteiger partial charge in [-0.05, 0) is 30.4 Å². The number of halogens is 1. The van der Waals surface area contributed by atoms with Gasteiger partial charge >= 0.3 is 0 Å². The second kappa shape index (κ2) is 5.46. The van der Waals surface area contributed by atoms with Crippen LogP contribution in [-0.4, -0.2) is 37.3 Å². The highest BCUT2D eigenvalue weighted by Crippen LogP contribution is 2.25. The number of sulfonamides is 1. The molecule has 1 heterocycles. The summed E-state index contributed by atoms with van der Waals surface area (Å²) in [4.78, 5) is -0.130. The van der Waals surface area contributed by atoms with E-state index in [-0.39, 0.29) is 10.6 Å². The summed E-state index contributed by atoms with van der Waals surface area (Å²) >= 11 is 1.73. The minimum Gasteiger partial charge on any atom is -0.398 e. The van der Waals surface area contributed by atoms with Crippen LogP contribution in [-0.2, 0) is 10.0 Å². The standard InChI is InChI=1S/C11H15FN2O2S2/c12-9-2-3-10(13)11(8-9)18(15,16)14-4-1-6-17-7-5-14/h2-3,8H,1,4-7,13H2. The third kappa shape index (κ3) is 2.78. The Kier molecular flexibility index (Phi) is 4.14. The molecule has 2 rings (SSSR count). The fourth-order valence-corrected chi connectivity index (χ4v) is 4.44. The molecule has 0 unspecified atom stereocenters. The fourth-order valence-electron chi connectivity index (χ4n) is 1.83. The molecule has 0 aliphatic carbocycles. The molecule has 0 saturated carbocycles. The molecule has 1 aliphatic rings. The lowest BCUT2D eigenvalue weighted by molar-refractivity contribution is 0.435. The Labute approximate surface area is 110 Å². The maximum absolute atomic E-state index is 13.2. The average molecular weight is 290 g/mol. The summed E-state index contributed by atoms with van der Waals surface area (Å²) in [6, 6.07) is 3.43. The molecule has 7 heteroatoms. The molecule has 1 aliphatic heterocycles. The zero-order valence-electron chi connectivity index (χ0n) is 9.80. The van der Waals surface area contributed by atoms with Crippen LogP contribution in [0.25, 0.3) is 0 Å². The second-order valence-electron chi connectivity index (χ2n) is 4.05. The summed E-state index contributed by atoms with van der Waals surface area (Å²) < 4.78 is 39.3. The highest BCUT2D eigenvalue weighted by Gasteiger charge is 2.27. The minimum atomic E-state index is -3.68. The van der Waals surface area contributed by atoms with Crippen LogP contribution in [0.4, 0.5) is 10.1 Å². The molecule has 4 nitrogen and oxygen atoms in total. The molecule has 1 saturated heterocycles. The van der Waals surface area contributed by atoms with Crippen LogP contribution in [0, 0.1) is 5.82 Å². The molecule has 0 atom stereocenters. The van der Waals surface area contributed by atoms with Crippen LogP contribution in [0.1, 0.15) is 6.42 Å². The normalized spacial score (nSPS) is 18.5. The van der Waals surface area contributed by atoms with Crippen molar-refractivity contribution in [2.24, 2.45) is 0 Å². The lowest BCUT2D eigenvalue weighted by Gasteiger charge is -2.20. The fraction of sp³-hybridized carbons (Fsp3) is 0.455. The van der Waals surface area contributed by atoms with Crippen LogP contribution in [0.2, 0.25) is 0 Å². The molecule has 0 radical (unpaired) electrons. The van der Waals surface area contributed by atoms with Crippen LogP contribution in [0.5, 0.6) is 0 Å². The van der Waals surface area contributed by atoms with Crippen molar-refractivity contribution >= 4 is 27.5 Å². The number of hydrogen-bond donors (Lipinski definition) is 1. The van der Waals surface area contributed by atoms with E-state index in [1.165, 1.54) is 10.4 Å². The zero-order valence-corrected chi connectivity index (χ0v) is 11.4. The van der Waals surface area contributed by atoms with Gasteiger partial charge in [0.05, 0.1) is 5.69 Å². The Balaban J connectivity index is 2.37. The second-order valence-corrected chi connectivity index (χ2v) is 7.18. The highest BCUT2D eigenvalue weighted by atomic mass is 32.2. The molecule has 0 bridgehead atoms. The van der Waals surface area contributed by atoms with Crippen molar-refractivity contribution in [3.05, 3.63) is 24.0 Å². The molecule has 0 amide bonds. The van der Waals surface area contributed by atoms with E-state index in [0.29, 0.717) is 13.1 Å². The molecular weight excluding hydrogens is 275 g/mol. The molecule has 100 valence electrons. The third-order valence-electron chi connectivity index (χ3n) is 2.77. The lowest BCUT2D eigenvalue weighted by Crippen LogP contribution is -2.33. The van der Waals surface area contributed by atoms with Gasteiger partial charge in [-0.3, -0.25) is 0 Å². The van der Waals surface area contributed by atoms with Crippen LogP contribution < -0.4 is 5.73 Å². The van der Waals surface area contributed by atoms with E-state index in [4.69, 9.17) is 5.73 Å². The molecule has 1 aromatic rings. The first-order valence-corrected chi connectivity index (χ1v) is 8.24. The Morgan fingerprint density at radius 3 is 2.83 bits per heavy atom. The van der Waals surface area contributed by atoms with E-state index >= 15 is 0 Å². The Morgan fingerprint density at radius 2 is 2.06 bits per heavy atom. The van der Waals surface area contributed by atoms with E-state index in [9.17, 15) is 12.8 Å². The molecule has 2 N–H and O–H groups in total. The summed E-state index contributed by atoms with van der Waals surface area (Å²) in [7, 11) is -3.68. The predicted octanol–water partition coefficient (Wildman–Crippen LogP) is 1.54. The SMILES string of the molecule is Nc1ccc(F)cc1S(=O)(=O)N1CCCSCC1. The first-order valence-electron chi connectivity index (χ1n) is 5.65. The van der Waals surface area contributed by atoms with E-state index in [2.05, 4.69) is 0 Å². The van der Waals surface area contributed by atoms with Gasteiger partial charge in [0.25, 0.3) is 0 Å². The smallest absolute Gasteiger partial charge is 0.245 e. The first kappa shape index (κ1) is 13.6. The number of rotatable bonds is 2. The summed E-state index contributed by atoms with van der Waals surface area (Å²) in [6.45, 7) is 0.911. The Morgan fingerprint density at radius 1 is 1.28 bits per heavy atom. The van der Waals surface area contributed by atoms with Gasteiger partial charge in [0.15, 0.2) is 0 Å². The van der Waals surface area contributed by atoms with Gasteiger partial charge in [-0.25, -0.2) is 12.8 Å². The highest BCUT2D eigenvalue weighted by molar-refractivity contribution is 7.99. The molecule has 18 heavy (non-hydrogen) atoms. The first-order chi connectivity index (χ1) is 8.51. The number of nitrogens with zero attached hydrogens (tertiary/aromatic N) is 1. The predicted molar refractivity (Wildman–Crippen MR) is 71.5 cm³/mol. The largest absolute Gasteiger partial charge is 0.398 e. The van der Waals surface area contributed by atoms with Crippen LogP contribution >= 0.6 is 11.8 Å². The van der Waals surface area contributed by atoms with Crippen molar-refractivity contribution < 1.29 is 12.8 Å². The number of anilines is 1. The summed E-state index contributed by atoms with van der Waals surface area (Å²) in [5.41, 5.74) is 5.73. The van der Waals surface area contributed by atoms with Crippen LogP contribution in [0.3, 0.4) is 0 Å². The Hall–Kier alpha value is -0.790. The van der Waals surface area contributed by atoms with Gasteiger partial charge in [0.2, 0.25) is 10.0 Å². The van der Waals surface area contributed by atoms with Gasteiger partial charge in [-0.2, -0.15) is 16.1 Å². The summed E-state index contributed by atoms with van der Waals surface area (Å²) in [5, 5.41) is 0. The van der Waals surface area contributed by atoms with Crippen molar-refractivity contribution in [3.8, 4) is 0 Å². The number of hydrogen-bond acceptors (Lipinski definition) is 4. The quantitative estimate of drug-likeness (QED) is 0.839. The molecule has 1 fully saturated rings. The van der Waals surface area contributed by atoms with Gasteiger partial charge in [-0.15, -0.1) is 0 Å². The van der Waals surface area contributed by atoms with E-state index in [1.807, 2.05) is 0 Å². The molecule has 0 aromatic heterocycles. The maximum atomic E-state index is 13.2. The zero-order chi connectivity index (χ0) is 13.2. The van der Waals surface area contributed by atoms with Crippen molar-refractivity contribution in [1.29, 1.82) is 0 Å². The number of nitrogen functional groups attached to an aromatic ring is 1. The topological polar surface area (TPSA) is 63.4 Å². The maximum Gasteiger partial charge on any atom is 0.245 e. The summed E-state index contributed by atoms with van der Waals surface area (Å²) in [6.07, 6.45) is 0.805. The Bertz CT molecular complexity index is 526. The van der Waals surface area contributed by atoms with Crippen molar-refractivity contribution in [1.82, 2.24) is 4.31 Å². The summed E-state index contributed by atoms with van der Waals surface area (Å²) in [5.74, 6) is 1.12. The van der Waals surface area contributed by atoms with Crippen LogP contribution in [0.15, 0.2) is 23.1 Å². The number of nitrogens with two attached hydrogens (primary N) is 1. The lowest BCUT2D eigenvalue weighted by atomic mass is 10.3. The van der Waals surface area contributed by atoms with Gasteiger partial charge < -0.3 is 5.73 Å². The number of thioether (sulfide) groups is 1. The number of benzene rings is 1. The van der Waals surface area contributed by atoms with Crippen molar-refractivity contribution in [2.45, 2.75) is 11.3 Å². The monoisotopic (exact) mass is 290 g/mol. The third-order valence-corrected chi connectivity index (χ3v) is 5.78. The molecule has 0 spiro atoms. The van der Waals surface area contributed by atoms with Crippen molar-refractivity contribution in [3.63, 3.8) is 0 Å². The van der Waals surface area contributed by atoms with E-state index in [0.717, 1.165) is 30.1 Å². The van der Waals surface area contributed by atoms with E-state index in [1.54, 1.807) is 11.8 Å². The minimum absolute atomic E-state index is 0.0910. The molecular formula is C11H15FN2O2S2. The van der Waals surface area contributed by atoms with Gasteiger partial charge in [-0.1, -0.05) is 0 Å². The average Bonchev–Trinajstić information content (AvgIpc) is 2.61. The van der Waals surface area contributed by atoms with E-state index < -0.39 is 15.8 Å². The van der Waals surface area contributed by atoms with Crippen molar-refractivity contribution in [2.75, 3.05) is 30.3 Å². The van der Waals surface area contributed by atoms with Gasteiger partial charge in [0.1, 0.15) is 10.7 Å². The van der Waals surface area contributed by atoms with Gasteiger partial charge in [0, 0.05) is 18.8 Å². The molecule has 1 aromatic carbocycles.